The van der Waals surface area contributed by atoms with Crippen molar-refractivity contribution in [1.29, 1.82) is 0 Å². The zero-order valence-corrected chi connectivity index (χ0v) is 6.51. The Kier molecular flexibility index (Phi) is 4.99. The normalized spacial score (nSPS) is 8.18. The zero-order chi connectivity index (χ0) is 8.69. The van der Waals surface area contributed by atoms with Gasteiger partial charge in [-0.3, -0.25) is 0 Å². The van der Waals surface area contributed by atoms with E-state index >= 15 is 0 Å². The lowest BCUT2D eigenvalue weighted by Gasteiger charge is -1.92. The summed E-state index contributed by atoms with van der Waals surface area (Å²) >= 11 is 0. The second-order valence-corrected chi connectivity index (χ2v) is 1.98. The smallest absolute Gasteiger partial charge is 0.123 e. The molecule has 0 radical (unpaired) electrons. The molecule has 0 aliphatic carbocycles. The van der Waals surface area contributed by atoms with Crippen LogP contribution in [0.5, 0.6) is 0 Å². The molecule has 2 heteroatoms. The van der Waals surface area contributed by atoms with E-state index in [1.54, 1.807) is 12.1 Å². The highest BCUT2D eigenvalue weighted by Crippen LogP contribution is 2.01. The predicted octanol–water partition coefficient (Wildman–Crippen LogP) is 2.20. The molecule has 0 spiro atoms. The Balaban J connectivity index is 0.000000461. The van der Waals surface area contributed by atoms with Crippen molar-refractivity contribution in [2.45, 2.75) is 13.3 Å². The molecule has 1 nitrogen and oxygen atoms in total. The topological polar surface area (TPSA) is 17.1 Å². The molecule has 0 aromatic heterocycles. The van der Waals surface area contributed by atoms with Crippen LogP contribution in [-0.2, 0) is 11.2 Å². The van der Waals surface area contributed by atoms with Crippen LogP contribution in [0.3, 0.4) is 0 Å². The van der Waals surface area contributed by atoms with Gasteiger partial charge in [-0.1, -0.05) is 19.1 Å². The molecule has 0 atom stereocenters. The fourth-order valence-corrected chi connectivity index (χ4v) is 0.720. The van der Waals surface area contributed by atoms with Crippen molar-refractivity contribution in [2.24, 2.45) is 0 Å². The average molecular weight is 154 g/mol. The van der Waals surface area contributed by atoms with Crippen LogP contribution in [0.25, 0.3) is 0 Å². The minimum Gasteiger partial charge on any atom is -0.307 e. The van der Waals surface area contributed by atoms with Crippen molar-refractivity contribution in [3.63, 3.8) is 0 Å². The van der Waals surface area contributed by atoms with Crippen molar-refractivity contribution in [2.75, 3.05) is 0 Å². The van der Waals surface area contributed by atoms with Crippen LogP contribution in [0.15, 0.2) is 24.3 Å². The summed E-state index contributed by atoms with van der Waals surface area (Å²) in [6.07, 6.45) is 0.972. The van der Waals surface area contributed by atoms with Gasteiger partial charge in [0, 0.05) is 0 Å². The molecule has 0 heterocycles. The van der Waals surface area contributed by atoms with Gasteiger partial charge in [-0.25, -0.2) is 4.39 Å². The van der Waals surface area contributed by atoms with Crippen LogP contribution >= 0.6 is 0 Å². The molecule has 0 aliphatic rings. The summed E-state index contributed by atoms with van der Waals surface area (Å²) in [7, 11) is 0. The van der Waals surface area contributed by atoms with Gasteiger partial charge >= 0.3 is 0 Å². The lowest BCUT2D eigenvalue weighted by atomic mass is 10.2. The minimum atomic E-state index is -0.160. The third-order valence-electron chi connectivity index (χ3n) is 1.32. The van der Waals surface area contributed by atoms with Gasteiger partial charge in [-0.05, 0) is 24.1 Å². The Morgan fingerprint density at radius 1 is 1.27 bits per heavy atom. The van der Waals surface area contributed by atoms with Gasteiger partial charge in [0.2, 0.25) is 0 Å². The van der Waals surface area contributed by atoms with Gasteiger partial charge < -0.3 is 4.79 Å². The number of hydrogen-bond acceptors (Lipinski definition) is 1. The molecule has 0 amide bonds. The molecule has 0 bridgehead atoms. The van der Waals surface area contributed by atoms with E-state index in [9.17, 15) is 4.39 Å². The Labute approximate surface area is 65.9 Å². The van der Waals surface area contributed by atoms with Crippen molar-refractivity contribution in [3.8, 4) is 0 Å². The Bertz CT molecular complexity index is 193. The van der Waals surface area contributed by atoms with Gasteiger partial charge in [0.15, 0.2) is 0 Å². The van der Waals surface area contributed by atoms with Gasteiger partial charge in [0.05, 0.1) is 0 Å². The summed E-state index contributed by atoms with van der Waals surface area (Å²) in [6.45, 7) is 4.05. The van der Waals surface area contributed by atoms with Crippen molar-refractivity contribution >= 4 is 6.79 Å². The van der Waals surface area contributed by atoms with E-state index in [2.05, 4.69) is 0 Å². The Morgan fingerprint density at radius 2 is 1.73 bits per heavy atom. The van der Waals surface area contributed by atoms with Crippen molar-refractivity contribution in [3.05, 3.63) is 35.6 Å². The third-order valence-corrected chi connectivity index (χ3v) is 1.32. The fourth-order valence-electron chi connectivity index (χ4n) is 0.720. The highest BCUT2D eigenvalue weighted by Gasteiger charge is 1.87. The number of aryl methyl sites for hydroxylation is 1. The average Bonchev–Trinajstić information content (AvgIpc) is 2.10. The maximum absolute atomic E-state index is 12.2. The molecule has 0 fully saturated rings. The van der Waals surface area contributed by atoms with E-state index in [0.29, 0.717) is 0 Å². The molecular weight excluding hydrogens is 143 g/mol. The Hall–Kier alpha value is -1.18. The Morgan fingerprint density at radius 3 is 2.09 bits per heavy atom. The summed E-state index contributed by atoms with van der Waals surface area (Å²) in [4.78, 5) is 8.00. The van der Waals surface area contributed by atoms with E-state index in [4.69, 9.17) is 4.79 Å². The lowest BCUT2D eigenvalue weighted by Crippen LogP contribution is -1.78. The van der Waals surface area contributed by atoms with Gasteiger partial charge in [0.25, 0.3) is 0 Å². The summed E-state index contributed by atoms with van der Waals surface area (Å²) in [5, 5.41) is 0. The van der Waals surface area contributed by atoms with Crippen LogP contribution in [0.4, 0.5) is 4.39 Å². The fraction of sp³-hybridized carbons (Fsp3) is 0.222. The quantitative estimate of drug-likeness (QED) is 0.606. The van der Waals surface area contributed by atoms with Gasteiger partial charge in [0.1, 0.15) is 12.6 Å². The highest BCUT2D eigenvalue weighted by atomic mass is 19.1. The van der Waals surface area contributed by atoms with Crippen LogP contribution in [-0.4, -0.2) is 6.79 Å². The lowest BCUT2D eigenvalue weighted by molar-refractivity contribution is -0.0979. The van der Waals surface area contributed by atoms with E-state index < -0.39 is 0 Å². The molecule has 1 aromatic carbocycles. The molecular formula is C9H11FO. The van der Waals surface area contributed by atoms with Crippen LogP contribution < -0.4 is 0 Å². The van der Waals surface area contributed by atoms with Crippen molar-refractivity contribution in [1.82, 2.24) is 0 Å². The van der Waals surface area contributed by atoms with Gasteiger partial charge in [-0.15, -0.1) is 0 Å². The standard InChI is InChI=1S/C8H9F.CH2O/c1-2-7-3-5-8(9)6-4-7;1-2/h3-6H,2H2,1H3;1H2. The van der Waals surface area contributed by atoms with E-state index in [-0.39, 0.29) is 5.82 Å². The van der Waals surface area contributed by atoms with E-state index in [1.807, 2.05) is 13.7 Å². The third kappa shape index (κ3) is 3.50. The zero-order valence-electron chi connectivity index (χ0n) is 6.51. The molecule has 1 rings (SSSR count). The predicted molar refractivity (Wildman–Crippen MR) is 42.9 cm³/mol. The monoisotopic (exact) mass is 154 g/mol. The van der Waals surface area contributed by atoms with Gasteiger partial charge in [-0.2, -0.15) is 0 Å². The first kappa shape index (κ1) is 9.82. The number of hydrogen-bond donors (Lipinski definition) is 0. The minimum absolute atomic E-state index is 0.160. The first-order chi connectivity index (χ1) is 5.33. The largest absolute Gasteiger partial charge is 0.307 e. The maximum atomic E-state index is 12.2. The number of benzene rings is 1. The summed E-state index contributed by atoms with van der Waals surface area (Å²) < 4.78 is 12.2. The first-order valence-corrected chi connectivity index (χ1v) is 3.36. The van der Waals surface area contributed by atoms with Crippen LogP contribution in [0.1, 0.15) is 12.5 Å². The molecule has 0 saturated carbocycles. The molecule has 0 aliphatic heterocycles. The van der Waals surface area contributed by atoms with Crippen molar-refractivity contribution < 1.29 is 9.18 Å². The second kappa shape index (κ2) is 5.59. The summed E-state index contributed by atoms with van der Waals surface area (Å²) in [5.74, 6) is -0.160. The maximum Gasteiger partial charge on any atom is 0.123 e. The number of carbonyl (C=O) groups is 1. The summed E-state index contributed by atoms with van der Waals surface area (Å²) in [6, 6.07) is 6.57. The highest BCUT2D eigenvalue weighted by molar-refractivity contribution is 5.15. The molecule has 0 unspecified atom stereocenters. The molecule has 0 saturated heterocycles. The number of halogens is 1. The molecule has 11 heavy (non-hydrogen) atoms. The second-order valence-electron chi connectivity index (χ2n) is 1.98. The van der Waals surface area contributed by atoms with Crippen LogP contribution in [0, 0.1) is 5.82 Å². The van der Waals surface area contributed by atoms with E-state index in [1.165, 1.54) is 17.7 Å². The van der Waals surface area contributed by atoms with E-state index in [0.717, 1.165) is 6.42 Å². The molecule has 0 N–H and O–H groups in total. The number of rotatable bonds is 1. The number of carbonyl (C=O) groups excluding carboxylic acids is 1. The SMILES string of the molecule is C=O.CCc1ccc(F)cc1. The molecule has 60 valence electrons. The first-order valence-electron chi connectivity index (χ1n) is 3.36. The summed E-state index contributed by atoms with van der Waals surface area (Å²) in [5.41, 5.74) is 1.18. The van der Waals surface area contributed by atoms with Crippen LogP contribution in [0.2, 0.25) is 0 Å². The molecule has 1 aromatic rings.